The van der Waals surface area contributed by atoms with E-state index in [-0.39, 0.29) is 0 Å². The summed E-state index contributed by atoms with van der Waals surface area (Å²) in [5, 5.41) is 13.5. The van der Waals surface area contributed by atoms with Gasteiger partial charge in [0, 0.05) is 5.38 Å². The summed E-state index contributed by atoms with van der Waals surface area (Å²) in [4.78, 5) is 4.19. The molecule has 0 N–H and O–H groups in total. The Balaban J connectivity index is 2.45. The highest BCUT2D eigenvalue weighted by atomic mass is 32.1. The molecule has 2 aromatic rings. The van der Waals surface area contributed by atoms with Gasteiger partial charge in [-0.05, 0) is 17.4 Å². The predicted octanol–water partition coefficient (Wildman–Crippen LogP) is 0.427. The van der Waals surface area contributed by atoms with Crippen LogP contribution in [0.1, 0.15) is 5.69 Å². The molecule has 0 unspecified atom stereocenters. The van der Waals surface area contributed by atoms with Crippen molar-refractivity contribution in [2.24, 2.45) is 0 Å². The minimum atomic E-state index is 0.799. The molecule has 5 nitrogen and oxygen atoms in total. The van der Waals surface area contributed by atoms with Gasteiger partial charge in [0.25, 0.3) is 0 Å². The number of nitrogens with zero attached hydrogens (tertiary/aromatic N) is 5. The van der Waals surface area contributed by atoms with Gasteiger partial charge in [-0.3, -0.25) is 0 Å². The lowest BCUT2D eigenvalue weighted by Gasteiger charge is -1.86. The van der Waals surface area contributed by atoms with E-state index < -0.39 is 0 Å². The van der Waals surface area contributed by atoms with Crippen LogP contribution in [0.4, 0.5) is 0 Å². The largest absolute Gasteiger partial charge is 0.224 e. The molecule has 0 spiro atoms. The molecular formula is C5H5N5S. The number of tetrazole rings is 1. The van der Waals surface area contributed by atoms with E-state index in [1.807, 2.05) is 12.3 Å². The molecule has 0 amide bonds. The molecule has 56 valence electrons. The van der Waals surface area contributed by atoms with Crippen LogP contribution in [0.2, 0.25) is 0 Å². The molecule has 0 aliphatic rings. The highest BCUT2D eigenvalue weighted by molar-refractivity contribution is 7.12. The number of aromatic nitrogens is 5. The Kier molecular flexibility index (Phi) is 1.39. The van der Waals surface area contributed by atoms with Gasteiger partial charge in [-0.2, -0.15) is 4.68 Å². The van der Waals surface area contributed by atoms with Crippen molar-refractivity contribution < 1.29 is 0 Å². The quantitative estimate of drug-likeness (QED) is 0.618. The monoisotopic (exact) mass is 167 g/mol. The second-order valence-corrected chi connectivity index (χ2v) is 2.86. The fraction of sp³-hybridized carbons (Fsp3) is 0.200. The molecule has 11 heavy (non-hydrogen) atoms. The van der Waals surface area contributed by atoms with Crippen LogP contribution >= 0.6 is 11.3 Å². The fourth-order valence-corrected chi connectivity index (χ4v) is 1.41. The molecule has 2 aromatic heterocycles. The van der Waals surface area contributed by atoms with Crippen molar-refractivity contribution in [3.63, 3.8) is 0 Å². The number of thiazole rings is 1. The number of hydrogen-bond donors (Lipinski definition) is 0. The lowest BCUT2D eigenvalue weighted by Crippen LogP contribution is -1.93. The van der Waals surface area contributed by atoms with E-state index in [2.05, 4.69) is 20.5 Å². The molecule has 0 atom stereocenters. The maximum atomic E-state index is 4.19. The molecule has 6 heteroatoms. The third kappa shape index (κ3) is 1.12. The Labute approximate surface area is 66.7 Å². The van der Waals surface area contributed by atoms with Crippen LogP contribution in [0.25, 0.3) is 5.13 Å². The molecule has 0 aliphatic carbocycles. The molecular weight excluding hydrogens is 162 g/mol. The van der Waals surface area contributed by atoms with Gasteiger partial charge < -0.3 is 0 Å². The number of rotatable bonds is 1. The summed E-state index contributed by atoms with van der Waals surface area (Å²) in [5.41, 5.74) is 0.987. The molecule has 0 radical (unpaired) electrons. The van der Waals surface area contributed by atoms with E-state index in [0.29, 0.717) is 0 Å². The van der Waals surface area contributed by atoms with Crippen LogP contribution in [0.15, 0.2) is 11.7 Å². The normalized spacial score (nSPS) is 10.3. The SMILES string of the molecule is Cc1csc(-n2cnnn2)n1. The Morgan fingerprint density at radius 2 is 2.45 bits per heavy atom. The molecule has 0 bridgehead atoms. The van der Waals surface area contributed by atoms with Crippen molar-refractivity contribution in [3.8, 4) is 5.13 Å². The van der Waals surface area contributed by atoms with Gasteiger partial charge in [0.1, 0.15) is 6.33 Å². The zero-order valence-corrected chi connectivity index (χ0v) is 6.62. The van der Waals surface area contributed by atoms with Crippen molar-refractivity contribution in [1.29, 1.82) is 0 Å². The first-order valence-electron chi connectivity index (χ1n) is 3.02. The first-order valence-corrected chi connectivity index (χ1v) is 3.90. The van der Waals surface area contributed by atoms with E-state index in [1.165, 1.54) is 22.3 Å². The van der Waals surface area contributed by atoms with Gasteiger partial charge in [0.2, 0.25) is 5.13 Å². The highest BCUT2D eigenvalue weighted by Crippen LogP contribution is 2.11. The van der Waals surface area contributed by atoms with Crippen molar-refractivity contribution in [2.75, 3.05) is 0 Å². The van der Waals surface area contributed by atoms with Gasteiger partial charge in [0.15, 0.2) is 0 Å². The standard InChI is InChI=1S/C5H5N5S/c1-4-2-11-5(7-4)10-3-6-8-9-10/h2-3H,1H3. The molecule has 0 aliphatic heterocycles. The van der Waals surface area contributed by atoms with Crippen LogP contribution in [-0.4, -0.2) is 25.2 Å². The van der Waals surface area contributed by atoms with Crippen LogP contribution in [-0.2, 0) is 0 Å². The summed E-state index contributed by atoms with van der Waals surface area (Å²) in [5.74, 6) is 0. The van der Waals surface area contributed by atoms with E-state index in [4.69, 9.17) is 0 Å². The van der Waals surface area contributed by atoms with Crippen LogP contribution in [0.5, 0.6) is 0 Å². The van der Waals surface area contributed by atoms with Crippen molar-refractivity contribution in [3.05, 3.63) is 17.4 Å². The van der Waals surface area contributed by atoms with E-state index in [1.54, 1.807) is 0 Å². The maximum absolute atomic E-state index is 4.19. The van der Waals surface area contributed by atoms with Crippen LogP contribution in [0.3, 0.4) is 0 Å². The van der Waals surface area contributed by atoms with E-state index in [0.717, 1.165) is 10.8 Å². The molecule has 0 aromatic carbocycles. The number of aryl methyl sites for hydroxylation is 1. The Bertz CT molecular complexity index is 337. The minimum Gasteiger partial charge on any atom is -0.224 e. The van der Waals surface area contributed by atoms with E-state index >= 15 is 0 Å². The van der Waals surface area contributed by atoms with Gasteiger partial charge in [-0.25, -0.2) is 4.98 Å². The third-order valence-electron chi connectivity index (χ3n) is 1.15. The lowest BCUT2D eigenvalue weighted by molar-refractivity contribution is 0.782. The maximum Gasteiger partial charge on any atom is 0.213 e. The first kappa shape index (κ1) is 6.41. The second-order valence-electron chi connectivity index (χ2n) is 2.03. The van der Waals surface area contributed by atoms with Gasteiger partial charge >= 0.3 is 0 Å². The van der Waals surface area contributed by atoms with Crippen molar-refractivity contribution in [1.82, 2.24) is 25.2 Å². The Hall–Kier alpha value is -1.30. The Morgan fingerprint density at radius 3 is 3.00 bits per heavy atom. The molecule has 0 saturated carbocycles. The smallest absolute Gasteiger partial charge is 0.213 e. The fourth-order valence-electron chi connectivity index (χ4n) is 0.696. The molecule has 0 saturated heterocycles. The summed E-state index contributed by atoms with van der Waals surface area (Å²) < 4.78 is 1.54. The van der Waals surface area contributed by atoms with Crippen LogP contribution < -0.4 is 0 Å². The molecule has 2 rings (SSSR count). The summed E-state index contributed by atoms with van der Waals surface area (Å²) in [6, 6.07) is 0. The topological polar surface area (TPSA) is 56.5 Å². The average molecular weight is 167 g/mol. The van der Waals surface area contributed by atoms with Crippen molar-refractivity contribution in [2.45, 2.75) is 6.92 Å². The first-order chi connectivity index (χ1) is 5.36. The lowest BCUT2D eigenvalue weighted by atomic mass is 10.6. The second kappa shape index (κ2) is 2.39. The summed E-state index contributed by atoms with van der Waals surface area (Å²) in [6.07, 6.45) is 1.53. The van der Waals surface area contributed by atoms with Crippen LogP contribution in [0, 0.1) is 6.92 Å². The molecule has 2 heterocycles. The van der Waals surface area contributed by atoms with Gasteiger partial charge in [0.05, 0.1) is 5.69 Å². The van der Waals surface area contributed by atoms with Gasteiger partial charge in [-0.15, -0.1) is 16.4 Å². The Morgan fingerprint density at radius 1 is 1.55 bits per heavy atom. The average Bonchev–Trinajstić information content (AvgIpc) is 2.55. The highest BCUT2D eigenvalue weighted by Gasteiger charge is 2.00. The third-order valence-corrected chi connectivity index (χ3v) is 2.10. The number of hydrogen-bond acceptors (Lipinski definition) is 5. The minimum absolute atomic E-state index is 0.799. The summed E-state index contributed by atoms with van der Waals surface area (Å²) in [6.45, 7) is 1.93. The van der Waals surface area contributed by atoms with Crippen molar-refractivity contribution >= 4 is 11.3 Å². The predicted molar refractivity (Wildman–Crippen MR) is 39.6 cm³/mol. The summed E-state index contributed by atoms with van der Waals surface area (Å²) >= 11 is 1.52. The van der Waals surface area contributed by atoms with Gasteiger partial charge in [-0.1, -0.05) is 0 Å². The zero-order valence-electron chi connectivity index (χ0n) is 5.80. The van der Waals surface area contributed by atoms with E-state index in [9.17, 15) is 0 Å². The zero-order chi connectivity index (χ0) is 7.68. The summed E-state index contributed by atoms with van der Waals surface area (Å²) in [7, 11) is 0. The molecule has 0 fully saturated rings.